The predicted octanol–water partition coefficient (Wildman–Crippen LogP) is 10.7. The number of ether oxygens (including phenoxy) is 2. The lowest BCUT2D eigenvalue weighted by Crippen LogP contribution is -2.33. The average Bonchev–Trinajstić information content (AvgIpc) is 3.37. The summed E-state index contributed by atoms with van der Waals surface area (Å²) in [6.45, 7) is 4.03. The van der Waals surface area contributed by atoms with Gasteiger partial charge in [-0.2, -0.15) is 0 Å². The number of aliphatic imine (C=N–C) groups is 2. The van der Waals surface area contributed by atoms with Crippen LogP contribution in [0.25, 0.3) is 16.6 Å². The first-order valence-corrected chi connectivity index (χ1v) is 26.4. The monoisotopic (exact) mass is 998 g/mol. The molecule has 2 heterocycles. The molecular weight excluding hydrogens is 933 g/mol. The number of nitrogens with zero attached hydrogens (tertiary/aromatic N) is 5. The van der Waals surface area contributed by atoms with E-state index in [4.69, 9.17) is 19.5 Å². The SMILES string of the molecule is CCCCCCCCCCCCCCCCOc1ccc(S(=O)(=O)NC(=O)CC)cc1NC(=O)C(=Nc1ccc(N(C)C)cc1N=COc1ccccc1)c1nc2ccccc2c(=O)n1-c1cc[nH]c(=O)c1. The van der Waals surface area contributed by atoms with Crippen LogP contribution in [0, 0.1) is 0 Å². The van der Waals surface area contributed by atoms with Crippen molar-refractivity contribution >= 4 is 67.6 Å². The lowest BCUT2D eigenvalue weighted by Gasteiger charge is -2.18. The molecule has 2 aromatic heterocycles. The summed E-state index contributed by atoms with van der Waals surface area (Å²) >= 11 is 0. The number of unbranched alkanes of at least 4 members (excludes halogenated alkanes) is 13. The molecule has 16 nitrogen and oxygen atoms in total. The van der Waals surface area contributed by atoms with Gasteiger partial charge >= 0.3 is 0 Å². The minimum atomic E-state index is -4.40. The molecule has 0 bridgehead atoms. The number of amides is 2. The van der Waals surface area contributed by atoms with Gasteiger partial charge in [0, 0.05) is 38.5 Å². The highest BCUT2D eigenvalue weighted by atomic mass is 32.2. The van der Waals surface area contributed by atoms with Gasteiger partial charge in [-0.1, -0.05) is 128 Å². The number of para-hydroxylation sites is 2. The Kier molecular flexibility index (Phi) is 20.4. The fraction of sp³-hybridized carbons (Fsp3) is 0.364. The molecule has 3 N–H and O–H groups in total. The number of carbonyl (C=O) groups excluding carboxylic acids is 2. The molecule has 0 atom stereocenters. The van der Waals surface area contributed by atoms with Crippen molar-refractivity contribution in [2.75, 3.05) is 30.9 Å². The highest BCUT2D eigenvalue weighted by Gasteiger charge is 2.27. The van der Waals surface area contributed by atoms with E-state index in [2.05, 4.69) is 26.9 Å². The Hall–Kier alpha value is -7.40. The number of H-pyrrole nitrogens is 1. The van der Waals surface area contributed by atoms with E-state index >= 15 is 4.79 Å². The van der Waals surface area contributed by atoms with E-state index in [1.807, 2.05) is 37.2 Å². The Balaban J connectivity index is 1.37. The standard InChI is InChI=1S/C55H66N8O8S/c1-5-7-8-9-10-11-12-13-14-15-16-17-18-24-35-70-49-32-30-43(72(68,69)61-50(64)6-2)38-48(49)60-54(66)52(53-59-45-28-23-22-27-44(45)55(67)63(53)41-33-34-56-51(65)37-41)58-46-31-29-40(62(3)4)36-47(46)57-39-71-42-25-20-19-21-26-42/h19-23,25-34,36-39H,5-18,24,35H2,1-4H3,(H,56,65)(H,60,66)(H,61,64). The molecule has 6 rings (SSSR count). The number of aromatic amines is 1. The van der Waals surface area contributed by atoms with Crippen molar-refractivity contribution in [1.29, 1.82) is 0 Å². The number of carbonyl (C=O) groups is 2. The zero-order valence-electron chi connectivity index (χ0n) is 41.7. The number of sulfonamides is 1. The summed E-state index contributed by atoms with van der Waals surface area (Å²) in [5, 5.41) is 3.02. The van der Waals surface area contributed by atoms with Crippen molar-refractivity contribution in [3.63, 3.8) is 0 Å². The summed E-state index contributed by atoms with van der Waals surface area (Å²) in [6.07, 6.45) is 19.1. The predicted molar refractivity (Wildman–Crippen MR) is 287 cm³/mol. The Labute approximate surface area is 421 Å². The first-order valence-electron chi connectivity index (χ1n) is 24.9. The van der Waals surface area contributed by atoms with Crippen LogP contribution in [-0.4, -0.2) is 67.6 Å². The average molecular weight is 999 g/mol. The Bertz CT molecular complexity index is 3060. The lowest BCUT2D eigenvalue weighted by atomic mass is 10.0. The number of hydrogen-bond donors (Lipinski definition) is 3. The fourth-order valence-corrected chi connectivity index (χ4v) is 8.98. The summed E-state index contributed by atoms with van der Waals surface area (Å²) in [6, 6.07) is 27.3. The number of aromatic nitrogens is 3. The van der Waals surface area contributed by atoms with Crippen LogP contribution in [-0.2, 0) is 19.6 Å². The molecule has 0 radical (unpaired) electrons. The van der Waals surface area contributed by atoms with E-state index in [0.29, 0.717) is 12.2 Å². The summed E-state index contributed by atoms with van der Waals surface area (Å²) in [5.41, 5.74) is -0.114. The molecule has 0 aliphatic heterocycles. The Morgan fingerprint density at radius 3 is 2.10 bits per heavy atom. The van der Waals surface area contributed by atoms with Gasteiger partial charge in [0.05, 0.1) is 45.2 Å². The van der Waals surface area contributed by atoms with Gasteiger partial charge in [0.25, 0.3) is 21.5 Å². The third-order valence-electron chi connectivity index (χ3n) is 11.9. The number of rotatable bonds is 28. The van der Waals surface area contributed by atoms with E-state index in [-0.39, 0.29) is 63.1 Å². The van der Waals surface area contributed by atoms with Gasteiger partial charge in [0.1, 0.15) is 11.5 Å². The smallest absolute Gasteiger partial charge is 0.278 e. The molecule has 0 spiro atoms. The van der Waals surface area contributed by atoms with Crippen molar-refractivity contribution in [3.05, 3.63) is 136 Å². The zero-order valence-corrected chi connectivity index (χ0v) is 42.5. The molecule has 2 amide bonds. The van der Waals surface area contributed by atoms with Gasteiger partial charge in [-0.25, -0.2) is 28.1 Å². The number of anilines is 2. The van der Waals surface area contributed by atoms with Gasteiger partial charge in [-0.15, -0.1) is 0 Å². The second-order valence-corrected chi connectivity index (χ2v) is 19.3. The molecule has 6 aromatic rings. The maximum atomic E-state index is 15.2. The topological polar surface area (TPSA) is 207 Å². The summed E-state index contributed by atoms with van der Waals surface area (Å²) in [5.74, 6) is -1.23. The maximum Gasteiger partial charge on any atom is 0.278 e. The first kappa shape index (κ1) is 53.9. The second-order valence-electron chi connectivity index (χ2n) is 17.6. The number of pyridine rings is 1. The van der Waals surface area contributed by atoms with Crippen LogP contribution >= 0.6 is 0 Å². The van der Waals surface area contributed by atoms with Gasteiger partial charge in [0.15, 0.2) is 17.9 Å². The lowest BCUT2D eigenvalue weighted by molar-refractivity contribution is -0.119. The minimum absolute atomic E-state index is 0.0619. The molecule has 0 aliphatic rings. The Morgan fingerprint density at radius 2 is 1.43 bits per heavy atom. The first-order chi connectivity index (χ1) is 34.9. The highest BCUT2D eigenvalue weighted by Crippen LogP contribution is 2.34. The number of benzene rings is 4. The van der Waals surface area contributed by atoms with Gasteiger partial charge in [0.2, 0.25) is 11.5 Å². The summed E-state index contributed by atoms with van der Waals surface area (Å²) in [7, 11) is -0.695. The van der Waals surface area contributed by atoms with Crippen molar-refractivity contribution in [1.82, 2.24) is 19.3 Å². The van der Waals surface area contributed by atoms with Crippen LogP contribution in [0.4, 0.5) is 22.7 Å². The largest absolute Gasteiger partial charge is 0.491 e. The normalized spacial score (nSPS) is 11.8. The third-order valence-corrected chi connectivity index (χ3v) is 13.3. The maximum absolute atomic E-state index is 15.2. The molecule has 17 heteroatoms. The van der Waals surface area contributed by atoms with Crippen LogP contribution in [0.3, 0.4) is 0 Å². The highest BCUT2D eigenvalue weighted by molar-refractivity contribution is 7.90. The molecule has 0 unspecified atom stereocenters. The molecule has 72 heavy (non-hydrogen) atoms. The minimum Gasteiger partial charge on any atom is -0.491 e. The number of hydrogen-bond acceptors (Lipinski definition) is 12. The molecule has 4 aromatic carbocycles. The van der Waals surface area contributed by atoms with Crippen LogP contribution in [0.1, 0.15) is 116 Å². The fourth-order valence-electron chi connectivity index (χ4n) is 7.90. The summed E-state index contributed by atoms with van der Waals surface area (Å²) < 4.78 is 42.3. The Morgan fingerprint density at radius 1 is 0.764 bits per heavy atom. The second kappa shape index (κ2) is 27.3. The molecule has 0 saturated carbocycles. The van der Waals surface area contributed by atoms with E-state index in [1.54, 1.807) is 54.6 Å². The van der Waals surface area contributed by atoms with Gasteiger partial charge in [-0.3, -0.25) is 23.7 Å². The number of fused-ring (bicyclic) bond motifs is 1. The zero-order chi connectivity index (χ0) is 51.3. The van der Waals surface area contributed by atoms with E-state index in [0.717, 1.165) is 29.5 Å². The van der Waals surface area contributed by atoms with Gasteiger partial charge in [-0.05, 0) is 73.2 Å². The van der Waals surface area contributed by atoms with E-state index < -0.39 is 38.7 Å². The van der Waals surface area contributed by atoms with Crippen LogP contribution in [0.5, 0.6) is 11.5 Å². The molecule has 0 fully saturated rings. The molecular formula is C55H66N8O8S. The van der Waals surface area contributed by atoms with Crippen molar-refractivity contribution in [3.8, 4) is 17.2 Å². The van der Waals surface area contributed by atoms with Crippen LogP contribution in [0.15, 0.2) is 134 Å². The number of nitrogens with one attached hydrogen (secondary N) is 3. The van der Waals surface area contributed by atoms with Crippen LogP contribution in [0.2, 0.25) is 0 Å². The van der Waals surface area contributed by atoms with Crippen molar-refractivity contribution in [2.45, 2.75) is 115 Å². The molecule has 0 aliphatic carbocycles. The molecule has 380 valence electrons. The van der Waals surface area contributed by atoms with Crippen LogP contribution < -0.4 is 35.5 Å². The van der Waals surface area contributed by atoms with Crippen molar-refractivity contribution < 1.29 is 27.5 Å². The van der Waals surface area contributed by atoms with E-state index in [1.165, 1.54) is 114 Å². The van der Waals surface area contributed by atoms with Gasteiger partial charge < -0.3 is 24.7 Å². The molecule has 0 saturated heterocycles. The van der Waals surface area contributed by atoms with E-state index in [9.17, 15) is 22.8 Å². The summed E-state index contributed by atoms with van der Waals surface area (Å²) in [4.78, 5) is 73.4. The third kappa shape index (κ3) is 15.5. The van der Waals surface area contributed by atoms with Crippen molar-refractivity contribution in [2.24, 2.45) is 9.98 Å². The quantitative estimate of drug-likeness (QED) is 0.0241.